The summed E-state index contributed by atoms with van der Waals surface area (Å²) in [4.78, 5) is 24.4. The lowest BCUT2D eigenvalue weighted by Crippen LogP contribution is -2.34. The van der Waals surface area contributed by atoms with E-state index < -0.39 is 17.6 Å². The van der Waals surface area contributed by atoms with Crippen molar-refractivity contribution in [2.24, 2.45) is 0 Å². The molecule has 0 aliphatic heterocycles. The molecule has 4 nitrogen and oxygen atoms in total. The van der Waals surface area contributed by atoms with Crippen LogP contribution in [0.25, 0.3) is 10.8 Å². The summed E-state index contributed by atoms with van der Waals surface area (Å²) in [5.41, 5.74) is -0.160. The molecule has 0 radical (unpaired) electrons. The summed E-state index contributed by atoms with van der Waals surface area (Å²) in [5, 5.41) is 7.07. The Morgan fingerprint density at radius 2 is 1.36 bits per heavy atom. The summed E-state index contributed by atoms with van der Waals surface area (Å²) >= 11 is 0. The number of hydrogen-bond donors (Lipinski definition) is 2. The standard InChI is InChI=1S/C21H17F3N2O2/c22-21(23,24)16-10-8-15(9-11-16)19(27)25-12-13-26-20(28)18-7-3-5-14-4-1-2-6-17(14)18/h1-11H,12-13H2,(H,25,27)(H,26,28). The number of alkyl halides is 3. The minimum atomic E-state index is -4.44. The molecule has 2 amide bonds. The van der Waals surface area contributed by atoms with Crippen molar-refractivity contribution in [3.05, 3.63) is 83.4 Å². The molecule has 3 rings (SSSR count). The van der Waals surface area contributed by atoms with Gasteiger partial charge in [-0.15, -0.1) is 0 Å². The average molecular weight is 386 g/mol. The third-order valence-electron chi connectivity index (χ3n) is 4.20. The van der Waals surface area contributed by atoms with Gasteiger partial charge in [-0.2, -0.15) is 13.2 Å². The van der Waals surface area contributed by atoms with Crippen LogP contribution in [0.4, 0.5) is 13.2 Å². The van der Waals surface area contributed by atoms with Crippen molar-refractivity contribution in [1.29, 1.82) is 0 Å². The monoisotopic (exact) mass is 386 g/mol. The van der Waals surface area contributed by atoms with Crippen LogP contribution in [0.5, 0.6) is 0 Å². The molecule has 0 aliphatic rings. The first-order valence-corrected chi connectivity index (χ1v) is 8.58. The maximum absolute atomic E-state index is 12.5. The summed E-state index contributed by atoms with van der Waals surface area (Å²) < 4.78 is 37.6. The molecule has 0 saturated carbocycles. The zero-order valence-corrected chi connectivity index (χ0v) is 14.7. The van der Waals surface area contributed by atoms with E-state index in [-0.39, 0.29) is 24.6 Å². The van der Waals surface area contributed by atoms with Gasteiger partial charge >= 0.3 is 6.18 Å². The highest BCUT2D eigenvalue weighted by Gasteiger charge is 2.30. The van der Waals surface area contributed by atoms with Gasteiger partial charge in [0.1, 0.15) is 0 Å². The molecule has 2 N–H and O–H groups in total. The van der Waals surface area contributed by atoms with E-state index in [9.17, 15) is 22.8 Å². The smallest absolute Gasteiger partial charge is 0.350 e. The second-order valence-electron chi connectivity index (χ2n) is 6.11. The largest absolute Gasteiger partial charge is 0.416 e. The third kappa shape index (κ3) is 4.49. The van der Waals surface area contributed by atoms with Gasteiger partial charge < -0.3 is 10.6 Å². The molecule has 0 saturated heterocycles. The van der Waals surface area contributed by atoms with Crippen LogP contribution in [0.3, 0.4) is 0 Å². The highest BCUT2D eigenvalue weighted by Crippen LogP contribution is 2.29. The van der Waals surface area contributed by atoms with Crippen LogP contribution in [0.15, 0.2) is 66.7 Å². The molecule has 7 heteroatoms. The van der Waals surface area contributed by atoms with E-state index in [1.807, 2.05) is 30.3 Å². The molecule has 3 aromatic carbocycles. The first-order valence-electron chi connectivity index (χ1n) is 8.58. The fourth-order valence-electron chi connectivity index (χ4n) is 2.78. The average Bonchev–Trinajstić information content (AvgIpc) is 2.70. The van der Waals surface area contributed by atoms with Gasteiger partial charge in [0.05, 0.1) is 5.56 Å². The van der Waals surface area contributed by atoms with Gasteiger partial charge in [-0.1, -0.05) is 36.4 Å². The first kappa shape index (κ1) is 19.4. The predicted molar refractivity (Wildman–Crippen MR) is 100 cm³/mol. The van der Waals surface area contributed by atoms with Gasteiger partial charge in [-0.3, -0.25) is 9.59 Å². The summed E-state index contributed by atoms with van der Waals surface area (Å²) in [5.74, 6) is -0.770. The zero-order valence-electron chi connectivity index (χ0n) is 14.7. The number of amides is 2. The SMILES string of the molecule is O=C(NCCNC(=O)c1cccc2ccccc12)c1ccc(C(F)(F)F)cc1. The minimum absolute atomic E-state index is 0.119. The summed E-state index contributed by atoms with van der Waals surface area (Å²) in [6, 6.07) is 16.9. The van der Waals surface area contributed by atoms with E-state index in [2.05, 4.69) is 10.6 Å². The molecule has 28 heavy (non-hydrogen) atoms. The summed E-state index contributed by atoms with van der Waals surface area (Å²) in [6.07, 6.45) is -4.44. The quantitative estimate of drug-likeness (QED) is 0.651. The molecule has 0 heterocycles. The molecule has 0 fully saturated rings. The molecule has 0 unspecified atom stereocenters. The van der Waals surface area contributed by atoms with Crippen LogP contribution >= 0.6 is 0 Å². The number of halogens is 3. The van der Waals surface area contributed by atoms with Gasteiger partial charge in [0.25, 0.3) is 11.8 Å². The molecular formula is C21H17F3N2O2. The molecule has 144 valence electrons. The fraction of sp³-hybridized carbons (Fsp3) is 0.143. The van der Waals surface area contributed by atoms with Crippen molar-refractivity contribution in [2.75, 3.05) is 13.1 Å². The summed E-state index contributed by atoms with van der Waals surface area (Å²) in [7, 11) is 0. The number of benzene rings is 3. The molecule has 0 aliphatic carbocycles. The van der Waals surface area contributed by atoms with Gasteiger partial charge in [-0.25, -0.2) is 0 Å². The van der Waals surface area contributed by atoms with Crippen molar-refractivity contribution in [3.63, 3.8) is 0 Å². The Hall–Kier alpha value is -3.35. The number of carbonyl (C=O) groups is 2. The highest BCUT2D eigenvalue weighted by atomic mass is 19.4. The lowest BCUT2D eigenvalue weighted by atomic mass is 10.0. The number of nitrogens with one attached hydrogen (secondary N) is 2. The highest BCUT2D eigenvalue weighted by molar-refractivity contribution is 6.07. The van der Waals surface area contributed by atoms with Crippen molar-refractivity contribution >= 4 is 22.6 Å². The van der Waals surface area contributed by atoms with Crippen LogP contribution in [-0.4, -0.2) is 24.9 Å². The van der Waals surface area contributed by atoms with E-state index in [0.717, 1.165) is 35.0 Å². The Kier molecular flexibility index (Phi) is 5.63. The van der Waals surface area contributed by atoms with E-state index in [0.29, 0.717) is 5.56 Å². The fourth-order valence-corrected chi connectivity index (χ4v) is 2.78. The van der Waals surface area contributed by atoms with Crippen molar-refractivity contribution in [1.82, 2.24) is 10.6 Å². The van der Waals surface area contributed by atoms with Crippen LogP contribution < -0.4 is 10.6 Å². The Morgan fingerprint density at radius 1 is 0.750 bits per heavy atom. The number of rotatable bonds is 5. The zero-order chi connectivity index (χ0) is 20.1. The van der Waals surface area contributed by atoms with Gasteiger partial charge in [0, 0.05) is 24.2 Å². The maximum Gasteiger partial charge on any atom is 0.416 e. The molecule has 3 aromatic rings. The lowest BCUT2D eigenvalue weighted by Gasteiger charge is -2.10. The number of hydrogen-bond acceptors (Lipinski definition) is 2. The maximum atomic E-state index is 12.5. The second kappa shape index (κ2) is 8.12. The van der Waals surface area contributed by atoms with Gasteiger partial charge in [0.2, 0.25) is 0 Å². The van der Waals surface area contributed by atoms with E-state index in [1.165, 1.54) is 0 Å². The molecular weight excluding hydrogens is 369 g/mol. The Balaban J connectivity index is 1.52. The molecule has 0 bridgehead atoms. The van der Waals surface area contributed by atoms with Crippen LogP contribution in [0, 0.1) is 0 Å². The third-order valence-corrected chi connectivity index (χ3v) is 4.20. The van der Waals surface area contributed by atoms with Crippen LogP contribution in [0.2, 0.25) is 0 Å². The van der Waals surface area contributed by atoms with E-state index >= 15 is 0 Å². The number of fused-ring (bicyclic) bond motifs is 1. The van der Waals surface area contributed by atoms with E-state index in [1.54, 1.807) is 12.1 Å². The van der Waals surface area contributed by atoms with Crippen molar-refractivity contribution in [3.8, 4) is 0 Å². The predicted octanol–water partition coefficient (Wildman–Crippen LogP) is 4.02. The van der Waals surface area contributed by atoms with E-state index in [4.69, 9.17) is 0 Å². The van der Waals surface area contributed by atoms with Crippen LogP contribution in [-0.2, 0) is 6.18 Å². The molecule has 0 aromatic heterocycles. The molecule has 0 spiro atoms. The van der Waals surface area contributed by atoms with Crippen LogP contribution in [0.1, 0.15) is 26.3 Å². The lowest BCUT2D eigenvalue weighted by molar-refractivity contribution is -0.137. The summed E-state index contributed by atoms with van der Waals surface area (Å²) in [6.45, 7) is 0.338. The van der Waals surface area contributed by atoms with Gasteiger partial charge in [-0.05, 0) is 41.1 Å². The Morgan fingerprint density at radius 3 is 2.04 bits per heavy atom. The van der Waals surface area contributed by atoms with Crippen molar-refractivity contribution in [2.45, 2.75) is 6.18 Å². The van der Waals surface area contributed by atoms with Gasteiger partial charge in [0.15, 0.2) is 0 Å². The normalized spacial score (nSPS) is 11.2. The first-order chi connectivity index (χ1) is 13.4. The molecule has 0 atom stereocenters. The Bertz CT molecular complexity index is 993. The Labute approximate surface area is 159 Å². The van der Waals surface area contributed by atoms with Crippen molar-refractivity contribution < 1.29 is 22.8 Å². The minimum Gasteiger partial charge on any atom is -0.350 e. The topological polar surface area (TPSA) is 58.2 Å². The second-order valence-corrected chi connectivity index (χ2v) is 6.11. The number of carbonyl (C=O) groups excluding carboxylic acids is 2.